The van der Waals surface area contributed by atoms with Gasteiger partial charge in [0.15, 0.2) is 22.5 Å². The van der Waals surface area contributed by atoms with Gasteiger partial charge in [0.05, 0.1) is 32.3 Å². The van der Waals surface area contributed by atoms with Gasteiger partial charge in [-0.15, -0.1) is 10.2 Å². The SMILES string of the molecule is CCOc1ccc(-n2c(SCC(=O)N/N=C\c3ccc(OCC)c(OC)c3)nnc2-c2ccccc2)cc1. The minimum Gasteiger partial charge on any atom is -0.494 e. The van der Waals surface area contributed by atoms with Crippen LogP contribution in [0.1, 0.15) is 19.4 Å². The van der Waals surface area contributed by atoms with Crippen LogP contribution >= 0.6 is 11.8 Å². The lowest BCUT2D eigenvalue weighted by molar-refractivity contribution is -0.118. The molecule has 0 atom stereocenters. The van der Waals surface area contributed by atoms with E-state index in [0.29, 0.717) is 35.7 Å². The lowest BCUT2D eigenvalue weighted by Crippen LogP contribution is -2.20. The molecule has 0 saturated carbocycles. The normalized spacial score (nSPS) is 10.9. The Morgan fingerprint density at radius 1 is 0.974 bits per heavy atom. The number of ether oxygens (including phenoxy) is 3. The van der Waals surface area contributed by atoms with E-state index >= 15 is 0 Å². The Morgan fingerprint density at radius 3 is 2.45 bits per heavy atom. The van der Waals surface area contributed by atoms with Gasteiger partial charge >= 0.3 is 0 Å². The zero-order chi connectivity index (χ0) is 26.7. The summed E-state index contributed by atoms with van der Waals surface area (Å²) in [4.78, 5) is 12.5. The number of hydrogen-bond donors (Lipinski definition) is 1. The molecule has 1 amide bonds. The molecule has 0 radical (unpaired) electrons. The van der Waals surface area contributed by atoms with Crippen LogP contribution in [0.25, 0.3) is 17.1 Å². The first-order valence-corrected chi connectivity index (χ1v) is 13.1. The minimum absolute atomic E-state index is 0.105. The number of thioether (sulfide) groups is 1. The Labute approximate surface area is 225 Å². The lowest BCUT2D eigenvalue weighted by atomic mass is 10.2. The van der Waals surface area contributed by atoms with Gasteiger partial charge in [-0.25, -0.2) is 5.43 Å². The highest BCUT2D eigenvalue weighted by Crippen LogP contribution is 2.29. The molecule has 0 saturated heterocycles. The summed E-state index contributed by atoms with van der Waals surface area (Å²) in [5, 5.41) is 13.4. The molecule has 9 nitrogen and oxygen atoms in total. The van der Waals surface area contributed by atoms with Gasteiger partial charge in [0.1, 0.15) is 5.75 Å². The minimum atomic E-state index is -0.272. The van der Waals surface area contributed by atoms with Crippen molar-refractivity contribution in [3.8, 4) is 34.3 Å². The average molecular weight is 532 g/mol. The maximum Gasteiger partial charge on any atom is 0.250 e. The summed E-state index contributed by atoms with van der Waals surface area (Å²) in [6, 6.07) is 22.9. The number of carbonyl (C=O) groups is 1. The van der Waals surface area contributed by atoms with Gasteiger partial charge < -0.3 is 14.2 Å². The number of nitrogens with zero attached hydrogens (tertiary/aromatic N) is 4. The fraction of sp³-hybridized carbons (Fsp3) is 0.214. The monoisotopic (exact) mass is 531 g/mol. The van der Waals surface area contributed by atoms with Crippen LogP contribution < -0.4 is 19.6 Å². The smallest absolute Gasteiger partial charge is 0.250 e. The van der Waals surface area contributed by atoms with Gasteiger partial charge in [0.2, 0.25) is 0 Å². The van der Waals surface area contributed by atoms with Crippen molar-refractivity contribution in [1.82, 2.24) is 20.2 Å². The number of hydrazone groups is 1. The molecule has 0 bridgehead atoms. The average Bonchev–Trinajstić information content (AvgIpc) is 3.38. The predicted molar refractivity (Wildman–Crippen MR) is 149 cm³/mol. The fourth-order valence-electron chi connectivity index (χ4n) is 3.61. The summed E-state index contributed by atoms with van der Waals surface area (Å²) in [5.74, 6) is 2.54. The van der Waals surface area contributed by atoms with Gasteiger partial charge in [-0.3, -0.25) is 9.36 Å². The van der Waals surface area contributed by atoms with E-state index in [-0.39, 0.29) is 11.7 Å². The largest absolute Gasteiger partial charge is 0.494 e. The second kappa shape index (κ2) is 13.3. The molecule has 0 spiro atoms. The molecule has 4 aromatic rings. The van der Waals surface area contributed by atoms with Crippen LogP contribution in [0, 0.1) is 0 Å². The number of amides is 1. The van der Waals surface area contributed by atoms with Crippen molar-refractivity contribution in [2.75, 3.05) is 26.1 Å². The van der Waals surface area contributed by atoms with E-state index in [1.165, 1.54) is 11.8 Å². The van der Waals surface area contributed by atoms with E-state index in [9.17, 15) is 4.79 Å². The lowest BCUT2D eigenvalue weighted by Gasteiger charge is -2.11. The summed E-state index contributed by atoms with van der Waals surface area (Å²) >= 11 is 1.28. The third-order valence-corrected chi connectivity index (χ3v) is 6.22. The highest BCUT2D eigenvalue weighted by Gasteiger charge is 2.17. The van der Waals surface area contributed by atoms with E-state index in [0.717, 1.165) is 22.6 Å². The molecule has 0 aliphatic rings. The Hall–Kier alpha value is -4.31. The fourth-order valence-corrected chi connectivity index (χ4v) is 4.35. The molecule has 10 heteroatoms. The zero-order valence-electron chi connectivity index (χ0n) is 21.5. The van der Waals surface area contributed by atoms with Gasteiger partial charge in [-0.1, -0.05) is 42.1 Å². The van der Waals surface area contributed by atoms with Crippen LogP contribution in [0.2, 0.25) is 0 Å². The molecule has 1 N–H and O–H groups in total. The Morgan fingerprint density at radius 2 is 1.74 bits per heavy atom. The molecular weight excluding hydrogens is 502 g/mol. The second-order valence-corrected chi connectivity index (χ2v) is 8.80. The van der Waals surface area contributed by atoms with E-state index < -0.39 is 0 Å². The van der Waals surface area contributed by atoms with Crippen LogP contribution in [0.3, 0.4) is 0 Å². The van der Waals surface area contributed by atoms with Crippen LogP contribution in [-0.4, -0.2) is 53.0 Å². The summed E-state index contributed by atoms with van der Waals surface area (Å²) in [7, 11) is 1.58. The van der Waals surface area contributed by atoms with Crippen molar-refractivity contribution in [2.45, 2.75) is 19.0 Å². The molecule has 0 aliphatic carbocycles. The Kier molecular flexibility index (Phi) is 9.36. The number of methoxy groups -OCH3 is 1. The van der Waals surface area contributed by atoms with Crippen molar-refractivity contribution in [3.05, 3.63) is 78.4 Å². The highest BCUT2D eigenvalue weighted by molar-refractivity contribution is 7.99. The van der Waals surface area contributed by atoms with E-state index in [2.05, 4.69) is 20.7 Å². The van der Waals surface area contributed by atoms with Crippen molar-refractivity contribution >= 4 is 23.9 Å². The van der Waals surface area contributed by atoms with Gasteiger partial charge in [-0.2, -0.15) is 5.10 Å². The number of carbonyl (C=O) groups excluding carboxylic acids is 1. The molecule has 1 heterocycles. The van der Waals surface area contributed by atoms with Crippen LogP contribution in [0.15, 0.2) is 83.1 Å². The Bertz CT molecular complexity index is 1370. The van der Waals surface area contributed by atoms with Crippen molar-refractivity contribution in [2.24, 2.45) is 5.10 Å². The Balaban J connectivity index is 1.46. The van der Waals surface area contributed by atoms with Crippen molar-refractivity contribution in [1.29, 1.82) is 0 Å². The zero-order valence-corrected chi connectivity index (χ0v) is 22.3. The van der Waals surface area contributed by atoms with E-state index in [1.54, 1.807) is 25.5 Å². The first-order valence-electron chi connectivity index (χ1n) is 12.1. The molecule has 4 rings (SSSR count). The molecule has 3 aromatic carbocycles. The summed E-state index contributed by atoms with van der Waals surface area (Å²) < 4.78 is 18.4. The summed E-state index contributed by atoms with van der Waals surface area (Å²) in [6.07, 6.45) is 1.55. The van der Waals surface area contributed by atoms with Gasteiger partial charge in [0, 0.05) is 11.3 Å². The number of rotatable bonds is 12. The third-order valence-electron chi connectivity index (χ3n) is 5.29. The molecular formula is C28H29N5O4S. The topological polar surface area (TPSA) is 99.9 Å². The molecule has 0 unspecified atom stereocenters. The predicted octanol–water partition coefficient (Wildman–Crippen LogP) is 4.98. The molecule has 38 heavy (non-hydrogen) atoms. The maximum atomic E-state index is 12.5. The van der Waals surface area contributed by atoms with Crippen LogP contribution in [-0.2, 0) is 4.79 Å². The molecule has 196 valence electrons. The quantitative estimate of drug-likeness (QED) is 0.156. The molecule has 1 aromatic heterocycles. The first-order chi connectivity index (χ1) is 18.6. The van der Waals surface area contributed by atoms with Gasteiger partial charge in [-0.05, 0) is 61.9 Å². The third kappa shape index (κ3) is 6.71. The number of hydrogen-bond acceptors (Lipinski definition) is 8. The van der Waals surface area contributed by atoms with Gasteiger partial charge in [0.25, 0.3) is 5.91 Å². The standard InChI is InChI=1S/C28H29N5O4S/c1-4-36-23-14-12-22(13-15-23)33-27(21-9-7-6-8-10-21)31-32-28(33)38-19-26(34)30-29-18-20-11-16-24(37-5-2)25(17-20)35-3/h6-18H,4-5,19H2,1-3H3,(H,30,34)/b29-18-. The number of nitrogens with one attached hydrogen (secondary N) is 1. The maximum absolute atomic E-state index is 12.5. The number of aromatic nitrogens is 3. The van der Waals surface area contributed by atoms with Crippen molar-refractivity contribution in [3.63, 3.8) is 0 Å². The summed E-state index contributed by atoms with van der Waals surface area (Å²) in [6.45, 7) is 4.98. The molecule has 0 fully saturated rings. The van der Waals surface area contributed by atoms with Crippen LogP contribution in [0.4, 0.5) is 0 Å². The highest BCUT2D eigenvalue weighted by atomic mass is 32.2. The number of benzene rings is 3. The second-order valence-electron chi connectivity index (χ2n) is 7.86. The van der Waals surface area contributed by atoms with Crippen LogP contribution in [0.5, 0.6) is 17.2 Å². The summed E-state index contributed by atoms with van der Waals surface area (Å²) in [5.41, 5.74) is 5.11. The molecule has 0 aliphatic heterocycles. The van der Waals surface area contributed by atoms with Crippen molar-refractivity contribution < 1.29 is 19.0 Å². The van der Waals surface area contributed by atoms with E-state index in [1.807, 2.05) is 79.1 Å². The van der Waals surface area contributed by atoms with E-state index in [4.69, 9.17) is 14.2 Å². The first kappa shape index (κ1) is 26.7.